The van der Waals surface area contributed by atoms with Gasteiger partial charge in [-0.2, -0.15) is 0 Å². The predicted octanol–water partition coefficient (Wildman–Crippen LogP) is 13.2. The molecule has 292 valence electrons. The zero-order valence-corrected chi connectivity index (χ0v) is 33.4. The molecule has 4 aromatic rings. The van der Waals surface area contributed by atoms with E-state index in [9.17, 15) is 9.59 Å². The Kier molecular flexibility index (Phi) is 20.3. The number of hydrogen-bond acceptors (Lipinski definition) is 6. The minimum atomic E-state index is -0.346. The number of nitrogens with zero attached hydrogens (tertiary/aromatic N) is 2. The fourth-order valence-corrected chi connectivity index (χ4v) is 6.30. The SMILES string of the molecule is CCCCCCCCc1ccc(/N=C/c2ccc(C(=O)OCCCCCOC(=O)c3ccc(/C=N/c4ccc(CCCCCCCC)cc4)cc3)cc2)cc1. The molecule has 0 aliphatic heterocycles. The van der Waals surface area contributed by atoms with Crippen LogP contribution in [0.3, 0.4) is 0 Å². The van der Waals surface area contributed by atoms with E-state index in [1.807, 2.05) is 36.7 Å². The summed E-state index contributed by atoms with van der Waals surface area (Å²) < 4.78 is 10.9. The van der Waals surface area contributed by atoms with Gasteiger partial charge >= 0.3 is 11.9 Å². The zero-order chi connectivity index (χ0) is 38.8. The number of unbranched alkanes of at least 4 members (excludes halogenated alkanes) is 12. The Morgan fingerprint density at radius 2 is 0.782 bits per heavy atom. The number of carbonyl (C=O) groups excluding carboxylic acids is 2. The van der Waals surface area contributed by atoms with Crippen molar-refractivity contribution in [3.05, 3.63) is 130 Å². The van der Waals surface area contributed by atoms with Gasteiger partial charge in [0, 0.05) is 12.4 Å². The number of ether oxygens (including phenoxy) is 2. The predicted molar refractivity (Wildman–Crippen MR) is 229 cm³/mol. The summed E-state index contributed by atoms with van der Waals surface area (Å²) in [6, 6.07) is 31.5. The second kappa shape index (κ2) is 26.0. The van der Waals surface area contributed by atoms with Crippen LogP contribution in [0.4, 0.5) is 11.4 Å². The Bertz CT molecular complexity index is 1580. The number of benzene rings is 4. The second-order valence-corrected chi connectivity index (χ2v) is 14.5. The average Bonchev–Trinajstić information content (AvgIpc) is 3.22. The van der Waals surface area contributed by atoms with Crippen LogP contribution in [0.25, 0.3) is 0 Å². The van der Waals surface area contributed by atoms with Gasteiger partial charge in [0.2, 0.25) is 0 Å². The average molecular weight is 743 g/mol. The molecule has 0 aromatic heterocycles. The molecule has 0 unspecified atom stereocenters. The molecule has 0 heterocycles. The molecular weight excluding hydrogens is 681 g/mol. The van der Waals surface area contributed by atoms with E-state index in [4.69, 9.17) is 9.47 Å². The summed E-state index contributed by atoms with van der Waals surface area (Å²) in [6.07, 6.45) is 23.7. The van der Waals surface area contributed by atoms with Crippen molar-refractivity contribution in [2.75, 3.05) is 13.2 Å². The molecule has 6 nitrogen and oxygen atoms in total. The molecule has 0 radical (unpaired) electrons. The lowest BCUT2D eigenvalue weighted by Gasteiger charge is -2.07. The normalized spacial score (nSPS) is 11.4. The summed E-state index contributed by atoms with van der Waals surface area (Å²) in [5.41, 5.74) is 7.40. The van der Waals surface area contributed by atoms with Crippen molar-refractivity contribution in [1.29, 1.82) is 0 Å². The molecule has 0 saturated carbocycles. The van der Waals surface area contributed by atoms with Crippen molar-refractivity contribution in [2.45, 2.75) is 123 Å². The number of carbonyl (C=O) groups is 2. The lowest BCUT2D eigenvalue weighted by atomic mass is 10.0. The van der Waals surface area contributed by atoms with Crippen LogP contribution in [0.5, 0.6) is 0 Å². The molecule has 0 aliphatic carbocycles. The Labute approximate surface area is 330 Å². The Morgan fingerprint density at radius 1 is 0.436 bits per heavy atom. The van der Waals surface area contributed by atoms with E-state index in [0.29, 0.717) is 37.2 Å². The number of aryl methyl sites for hydroxylation is 2. The third-order valence-electron chi connectivity index (χ3n) is 9.78. The number of aliphatic imine (C=N–C) groups is 2. The minimum Gasteiger partial charge on any atom is -0.462 e. The largest absolute Gasteiger partial charge is 0.462 e. The Balaban J connectivity index is 1.05. The molecule has 0 fully saturated rings. The van der Waals surface area contributed by atoms with Gasteiger partial charge in [-0.05, 0) is 116 Å². The third kappa shape index (κ3) is 17.4. The van der Waals surface area contributed by atoms with Crippen molar-refractivity contribution in [2.24, 2.45) is 9.98 Å². The van der Waals surface area contributed by atoms with Crippen LogP contribution >= 0.6 is 0 Å². The summed E-state index contributed by atoms with van der Waals surface area (Å²) >= 11 is 0. The van der Waals surface area contributed by atoms with Crippen molar-refractivity contribution >= 4 is 35.7 Å². The van der Waals surface area contributed by atoms with Gasteiger partial charge in [0.25, 0.3) is 0 Å². The van der Waals surface area contributed by atoms with Crippen LogP contribution in [0, 0.1) is 0 Å². The van der Waals surface area contributed by atoms with Gasteiger partial charge < -0.3 is 9.47 Å². The lowest BCUT2D eigenvalue weighted by molar-refractivity contribution is 0.0478. The lowest BCUT2D eigenvalue weighted by Crippen LogP contribution is -2.08. The highest BCUT2D eigenvalue weighted by Crippen LogP contribution is 2.18. The minimum absolute atomic E-state index is 0.317. The van der Waals surface area contributed by atoms with E-state index in [1.165, 1.54) is 88.2 Å². The molecular formula is C49H62N2O4. The number of hydrogen-bond donors (Lipinski definition) is 0. The number of rotatable bonds is 26. The highest BCUT2D eigenvalue weighted by Gasteiger charge is 2.08. The van der Waals surface area contributed by atoms with Crippen molar-refractivity contribution < 1.29 is 19.1 Å². The van der Waals surface area contributed by atoms with Gasteiger partial charge in [0.05, 0.1) is 35.7 Å². The molecule has 4 rings (SSSR count). The van der Waals surface area contributed by atoms with Gasteiger partial charge in [-0.15, -0.1) is 0 Å². The smallest absolute Gasteiger partial charge is 0.338 e. The molecule has 0 spiro atoms. The van der Waals surface area contributed by atoms with Crippen LogP contribution < -0.4 is 0 Å². The van der Waals surface area contributed by atoms with E-state index in [-0.39, 0.29) is 11.9 Å². The first-order valence-corrected chi connectivity index (χ1v) is 20.8. The molecule has 55 heavy (non-hydrogen) atoms. The van der Waals surface area contributed by atoms with Gasteiger partial charge in [-0.1, -0.05) is 127 Å². The highest BCUT2D eigenvalue weighted by molar-refractivity contribution is 5.91. The maximum atomic E-state index is 12.5. The summed E-state index contributed by atoms with van der Waals surface area (Å²) in [5.74, 6) is -0.692. The topological polar surface area (TPSA) is 77.3 Å². The van der Waals surface area contributed by atoms with E-state index in [2.05, 4.69) is 72.4 Å². The molecule has 0 amide bonds. The fourth-order valence-electron chi connectivity index (χ4n) is 6.30. The van der Waals surface area contributed by atoms with Crippen molar-refractivity contribution in [3.8, 4) is 0 Å². The molecule has 0 bridgehead atoms. The maximum absolute atomic E-state index is 12.5. The Hall–Kier alpha value is -4.84. The molecule has 0 N–H and O–H groups in total. The summed E-state index contributed by atoms with van der Waals surface area (Å²) in [7, 11) is 0. The van der Waals surface area contributed by atoms with Crippen LogP contribution in [0.2, 0.25) is 0 Å². The maximum Gasteiger partial charge on any atom is 0.338 e. The molecule has 4 aromatic carbocycles. The third-order valence-corrected chi connectivity index (χ3v) is 9.78. The second-order valence-electron chi connectivity index (χ2n) is 14.5. The summed E-state index contributed by atoms with van der Waals surface area (Å²) in [6.45, 7) is 5.13. The molecule has 0 atom stereocenters. The molecule has 0 saturated heterocycles. The molecule has 6 heteroatoms. The highest BCUT2D eigenvalue weighted by atomic mass is 16.5. The Morgan fingerprint density at radius 3 is 1.16 bits per heavy atom. The van der Waals surface area contributed by atoms with E-state index in [0.717, 1.165) is 41.8 Å². The van der Waals surface area contributed by atoms with Gasteiger partial charge in [-0.3, -0.25) is 9.98 Å². The fraction of sp³-hybridized carbons (Fsp3) is 0.429. The van der Waals surface area contributed by atoms with Gasteiger partial charge in [0.15, 0.2) is 0 Å². The van der Waals surface area contributed by atoms with E-state index < -0.39 is 0 Å². The van der Waals surface area contributed by atoms with Crippen LogP contribution in [-0.4, -0.2) is 37.6 Å². The first kappa shape index (κ1) is 42.9. The zero-order valence-electron chi connectivity index (χ0n) is 33.4. The van der Waals surface area contributed by atoms with Crippen molar-refractivity contribution in [3.63, 3.8) is 0 Å². The van der Waals surface area contributed by atoms with Gasteiger partial charge in [-0.25, -0.2) is 9.59 Å². The van der Waals surface area contributed by atoms with E-state index in [1.54, 1.807) is 24.3 Å². The first-order chi connectivity index (χ1) is 27.0. The standard InChI is InChI=1S/C49H62N2O4/c1-3-5-7-9-11-14-18-40-24-32-46(33-25-40)50-38-42-20-28-44(29-21-42)48(52)54-36-16-13-17-37-55-49(53)45-30-22-43(23-31-45)39-51-47-34-26-41(27-35-47)19-15-12-10-8-6-4-2/h20-35,38-39H,3-19,36-37H2,1-2H3/b50-38+,51-39+. The number of esters is 2. The van der Waals surface area contributed by atoms with Crippen LogP contribution in [0.15, 0.2) is 107 Å². The first-order valence-electron chi connectivity index (χ1n) is 20.8. The van der Waals surface area contributed by atoms with Crippen molar-refractivity contribution in [1.82, 2.24) is 0 Å². The van der Waals surface area contributed by atoms with E-state index >= 15 is 0 Å². The monoisotopic (exact) mass is 742 g/mol. The summed E-state index contributed by atoms with van der Waals surface area (Å²) in [5, 5.41) is 0. The van der Waals surface area contributed by atoms with Gasteiger partial charge in [0.1, 0.15) is 0 Å². The quantitative estimate of drug-likeness (QED) is 0.0364. The summed E-state index contributed by atoms with van der Waals surface area (Å²) in [4.78, 5) is 34.2. The molecule has 0 aliphatic rings. The van der Waals surface area contributed by atoms with Crippen LogP contribution in [-0.2, 0) is 22.3 Å². The van der Waals surface area contributed by atoms with Crippen LogP contribution in [0.1, 0.15) is 153 Å².